The summed E-state index contributed by atoms with van der Waals surface area (Å²) in [4.78, 5) is 22.0. The predicted molar refractivity (Wildman–Crippen MR) is 76.6 cm³/mol. The maximum atomic E-state index is 13.4. The van der Waals surface area contributed by atoms with E-state index in [1.165, 1.54) is 24.3 Å². The summed E-state index contributed by atoms with van der Waals surface area (Å²) in [6, 6.07) is 7.94. The molecule has 6 nitrogen and oxygen atoms in total. The van der Waals surface area contributed by atoms with Crippen molar-refractivity contribution in [2.24, 2.45) is 0 Å². The van der Waals surface area contributed by atoms with Crippen molar-refractivity contribution >= 4 is 23.0 Å². The second kappa shape index (κ2) is 5.58. The smallest absolute Gasteiger partial charge is 0.292 e. The Morgan fingerprint density at radius 3 is 2.57 bits per heavy atom. The average Bonchev–Trinajstić information content (AvgIpc) is 2.42. The molecule has 0 heterocycles. The molecule has 2 aromatic rings. The summed E-state index contributed by atoms with van der Waals surface area (Å²) < 4.78 is 13.4. The van der Waals surface area contributed by atoms with Gasteiger partial charge in [0.15, 0.2) is 0 Å². The molecule has 2 aromatic carbocycles. The number of halogens is 1. The minimum absolute atomic E-state index is 0.109. The third kappa shape index (κ3) is 3.14. The largest absolute Gasteiger partial charge is 0.393 e. The van der Waals surface area contributed by atoms with E-state index in [1.807, 2.05) is 0 Å². The number of nitrogens with two attached hydrogens (primary N) is 1. The van der Waals surface area contributed by atoms with Crippen LogP contribution in [0.4, 0.5) is 21.5 Å². The first-order valence-electron chi connectivity index (χ1n) is 6.00. The van der Waals surface area contributed by atoms with Gasteiger partial charge < -0.3 is 11.1 Å². The Balaban J connectivity index is 2.22. The fourth-order valence-corrected chi connectivity index (χ4v) is 1.74. The summed E-state index contributed by atoms with van der Waals surface area (Å²) in [6.07, 6.45) is 0. The molecule has 0 spiro atoms. The standard InChI is InChI=1S/C14H12FN3O3/c1-8-2-4-10(7-11(8)15)17-14(19)9-3-5-13(18(20)21)12(16)6-9/h2-7H,16H2,1H3,(H,17,19). The van der Waals surface area contributed by atoms with Crippen LogP contribution in [0.5, 0.6) is 0 Å². The highest BCUT2D eigenvalue weighted by Crippen LogP contribution is 2.23. The van der Waals surface area contributed by atoms with Gasteiger partial charge in [-0.25, -0.2) is 4.39 Å². The second-order valence-electron chi connectivity index (χ2n) is 4.45. The van der Waals surface area contributed by atoms with Crippen molar-refractivity contribution in [3.05, 3.63) is 63.5 Å². The van der Waals surface area contributed by atoms with Gasteiger partial charge in [-0.05, 0) is 36.8 Å². The topological polar surface area (TPSA) is 98.3 Å². The third-order valence-electron chi connectivity index (χ3n) is 2.92. The molecule has 0 fully saturated rings. The molecule has 21 heavy (non-hydrogen) atoms. The molecule has 0 radical (unpaired) electrons. The number of carbonyl (C=O) groups is 1. The maximum absolute atomic E-state index is 13.4. The normalized spacial score (nSPS) is 10.2. The van der Waals surface area contributed by atoms with Crippen LogP contribution in [-0.2, 0) is 0 Å². The monoisotopic (exact) mass is 289 g/mol. The van der Waals surface area contributed by atoms with Crippen molar-refractivity contribution in [1.82, 2.24) is 0 Å². The Morgan fingerprint density at radius 1 is 1.29 bits per heavy atom. The number of benzene rings is 2. The number of hydrogen-bond donors (Lipinski definition) is 2. The highest BCUT2D eigenvalue weighted by atomic mass is 19.1. The lowest BCUT2D eigenvalue weighted by atomic mass is 10.1. The Hall–Kier alpha value is -2.96. The van der Waals surface area contributed by atoms with Gasteiger partial charge in [0.1, 0.15) is 11.5 Å². The summed E-state index contributed by atoms with van der Waals surface area (Å²) in [7, 11) is 0. The molecule has 0 bridgehead atoms. The summed E-state index contributed by atoms with van der Waals surface area (Å²) in [5, 5.41) is 13.1. The molecule has 0 saturated heterocycles. The van der Waals surface area contributed by atoms with E-state index in [0.717, 1.165) is 6.07 Å². The highest BCUT2D eigenvalue weighted by Gasteiger charge is 2.14. The van der Waals surface area contributed by atoms with Gasteiger partial charge in [-0.2, -0.15) is 0 Å². The van der Waals surface area contributed by atoms with Crippen LogP contribution >= 0.6 is 0 Å². The van der Waals surface area contributed by atoms with E-state index < -0.39 is 16.6 Å². The zero-order chi connectivity index (χ0) is 15.6. The van der Waals surface area contributed by atoms with Crippen molar-refractivity contribution in [3.63, 3.8) is 0 Å². The van der Waals surface area contributed by atoms with E-state index >= 15 is 0 Å². The van der Waals surface area contributed by atoms with Gasteiger partial charge in [0.05, 0.1) is 4.92 Å². The number of amides is 1. The molecule has 0 aromatic heterocycles. The summed E-state index contributed by atoms with van der Waals surface area (Å²) in [6.45, 7) is 1.61. The number of nitro benzene ring substituents is 1. The molecule has 1 amide bonds. The first-order chi connectivity index (χ1) is 9.88. The van der Waals surface area contributed by atoms with Crippen LogP contribution in [0.25, 0.3) is 0 Å². The van der Waals surface area contributed by atoms with Crippen LogP contribution in [0.1, 0.15) is 15.9 Å². The second-order valence-corrected chi connectivity index (χ2v) is 4.45. The van der Waals surface area contributed by atoms with Crippen molar-refractivity contribution in [1.29, 1.82) is 0 Å². The number of nitro groups is 1. The van der Waals surface area contributed by atoms with Crippen molar-refractivity contribution in [3.8, 4) is 0 Å². The number of nitrogens with one attached hydrogen (secondary N) is 1. The van der Waals surface area contributed by atoms with Gasteiger partial charge in [0.25, 0.3) is 11.6 Å². The Kier molecular flexibility index (Phi) is 3.84. The van der Waals surface area contributed by atoms with Crippen LogP contribution in [0.2, 0.25) is 0 Å². The number of nitrogen functional groups attached to an aromatic ring is 1. The molecular formula is C14H12FN3O3. The van der Waals surface area contributed by atoms with Crippen LogP contribution in [0.3, 0.4) is 0 Å². The van der Waals surface area contributed by atoms with Crippen molar-refractivity contribution in [2.75, 3.05) is 11.1 Å². The quantitative estimate of drug-likeness (QED) is 0.515. The molecule has 0 aliphatic heterocycles. The molecular weight excluding hydrogens is 277 g/mol. The zero-order valence-electron chi connectivity index (χ0n) is 11.1. The summed E-state index contributed by atoms with van der Waals surface area (Å²) in [5.74, 6) is -0.962. The van der Waals surface area contributed by atoms with E-state index in [9.17, 15) is 19.3 Å². The van der Waals surface area contributed by atoms with Crippen LogP contribution in [0, 0.1) is 22.9 Å². The first kappa shape index (κ1) is 14.4. The SMILES string of the molecule is Cc1ccc(NC(=O)c2ccc([N+](=O)[O-])c(N)c2)cc1F. The fraction of sp³-hybridized carbons (Fsp3) is 0.0714. The van der Waals surface area contributed by atoms with Gasteiger partial charge in [0, 0.05) is 17.3 Å². The average molecular weight is 289 g/mol. The van der Waals surface area contributed by atoms with Gasteiger partial charge in [-0.1, -0.05) is 6.07 Å². The first-order valence-corrected chi connectivity index (χ1v) is 6.00. The van der Waals surface area contributed by atoms with E-state index in [-0.39, 0.29) is 16.9 Å². The minimum atomic E-state index is -0.633. The minimum Gasteiger partial charge on any atom is -0.393 e. The van der Waals surface area contributed by atoms with Crippen LogP contribution in [-0.4, -0.2) is 10.8 Å². The molecule has 2 rings (SSSR count). The molecule has 0 saturated carbocycles. The third-order valence-corrected chi connectivity index (χ3v) is 2.92. The lowest BCUT2D eigenvalue weighted by Gasteiger charge is -2.07. The Labute approximate surface area is 119 Å². The summed E-state index contributed by atoms with van der Waals surface area (Å²) in [5.41, 5.74) is 6.05. The highest BCUT2D eigenvalue weighted by molar-refractivity contribution is 6.05. The molecule has 108 valence electrons. The van der Waals surface area contributed by atoms with Crippen molar-refractivity contribution < 1.29 is 14.1 Å². The van der Waals surface area contributed by atoms with E-state index in [1.54, 1.807) is 13.0 Å². The lowest BCUT2D eigenvalue weighted by Crippen LogP contribution is -2.12. The predicted octanol–water partition coefficient (Wildman–Crippen LogP) is 2.88. The van der Waals surface area contributed by atoms with Gasteiger partial charge in [-0.15, -0.1) is 0 Å². The van der Waals surface area contributed by atoms with Crippen LogP contribution in [0.15, 0.2) is 36.4 Å². The van der Waals surface area contributed by atoms with E-state index in [2.05, 4.69) is 5.32 Å². The molecule has 7 heteroatoms. The Bertz CT molecular complexity index is 731. The van der Waals surface area contributed by atoms with Gasteiger partial charge in [-0.3, -0.25) is 14.9 Å². The molecule has 0 aliphatic carbocycles. The summed E-state index contributed by atoms with van der Waals surface area (Å²) >= 11 is 0. The molecule has 0 atom stereocenters. The number of hydrogen-bond acceptors (Lipinski definition) is 4. The molecule has 0 aliphatic rings. The fourth-order valence-electron chi connectivity index (χ4n) is 1.74. The van der Waals surface area contributed by atoms with E-state index in [0.29, 0.717) is 11.3 Å². The van der Waals surface area contributed by atoms with Gasteiger partial charge in [0.2, 0.25) is 0 Å². The zero-order valence-corrected chi connectivity index (χ0v) is 11.1. The number of nitrogens with zero attached hydrogens (tertiary/aromatic N) is 1. The number of anilines is 2. The Morgan fingerprint density at radius 2 is 2.00 bits per heavy atom. The van der Waals surface area contributed by atoms with Crippen molar-refractivity contribution in [2.45, 2.75) is 6.92 Å². The molecule has 0 unspecified atom stereocenters. The van der Waals surface area contributed by atoms with Crippen LogP contribution < -0.4 is 11.1 Å². The number of aryl methyl sites for hydroxylation is 1. The lowest BCUT2D eigenvalue weighted by molar-refractivity contribution is -0.383. The number of rotatable bonds is 3. The van der Waals surface area contributed by atoms with E-state index in [4.69, 9.17) is 5.73 Å². The maximum Gasteiger partial charge on any atom is 0.292 e. The molecule has 3 N–H and O–H groups in total. The van der Waals surface area contributed by atoms with Gasteiger partial charge >= 0.3 is 0 Å². The number of carbonyl (C=O) groups excluding carboxylic acids is 1.